The second-order valence-corrected chi connectivity index (χ2v) is 2.26. The minimum atomic E-state index is -4.79. The monoisotopic (exact) mass is 215 g/mol. The Morgan fingerprint density at radius 1 is 1.57 bits per heavy atom. The standard InChI is InChI=1S/C6H8F3NO4/c7-6(8,9)14-2-1-4(5(12)13)10-3-11/h3-4H,1-2H2,(H,10,11)(H,12,13). The Morgan fingerprint density at radius 3 is 2.50 bits per heavy atom. The van der Waals surface area contributed by atoms with Gasteiger partial charge in [0.25, 0.3) is 0 Å². The molecule has 0 aliphatic rings. The number of alkyl halides is 3. The van der Waals surface area contributed by atoms with Gasteiger partial charge in [-0.15, -0.1) is 13.2 Å². The topological polar surface area (TPSA) is 75.6 Å². The lowest BCUT2D eigenvalue weighted by molar-refractivity contribution is -0.324. The van der Waals surface area contributed by atoms with Crippen molar-refractivity contribution in [2.24, 2.45) is 0 Å². The molecule has 0 radical (unpaired) electrons. The molecular weight excluding hydrogens is 207 g/mol. The van der Waals surface area contributed by atoms with E-state index < -0.39 is 31.4 Å². The number of carboxylic acid groups (broad SMARTS) is 1. The summed E-state index contributed by atoms with van der Waals surface area (Å²) in [5, 5.41) is 10.2. The summed E-state index contributed by atoms with van der Waals surface area (Å²) in [5.74, 6) is -1.41. The molecule has 5 nitrogen and oxygen atoms in total. The van der Waals surface area contributed by atoms with Gasteiger partial charge in [-0.25, -0.2) is 4.79 Å². The Labute approximate surface area is 76.8 Å². The number of carbonyl (C=O) groups excluding carboxylic acids is 1. The SMILES string of the molecule is O=CNC(CCOC(F)(F)F)C(=O)O. The van der Waals surface area contributed by atoms with Gasteiger partial charge in [-0.1, -0.05) is 0 Å². The zero-order chi connectivity index (χ0) is 11.2. The highest BCUT2D eigenvalue weighted by Gasteiger charge is 2.29. The molecule has 0 aliphatic heterocycles. The van der Waals surface area contributed by atoms with Gasteiger partial charge in [0.1, 0.15) is 6.04 Å². The first-order chi connectivity index (χ1) is 6.37. The first kappa shape index (κ1) is 12.7. The summed E-state index contributed by atoms with van der Waals surface area (Å²) < 4.78 is 37.6. The fourth-order valence-electron chi connectivity index (χ4n) is 0.653. The van der Waals surface area contributed by atoms with Gasteiger partial charge < -0.3 is 10.4 Å². The number of aliphatic carboxylic acids is 1. The Hall–Kier alpha value is -1.31. The van der Waals surface area contributed by atoms with E-state index in [4.69, 9.17) is 5.11 Å². The number of halogens is 3. The predicted octanol–water partition coefficient (Wildman–Crippen LogP) is 0.112. The van der Waals surface area contributed by atoms with Crippen LogP contribution in [0.3, 0.4) is 0 Å². The van der Waals surface area contributed by atoms with E-state index in [2.05, 4.69) is 4.74 Å². The van der Waals surface area contributed by atoms with Gasteiger partial charge in [0.2, 0.25) is 6.41 Å². The molecule has 0 fully saturated rings. The first-order valence-electron chi connectivity index (χ1n) is 3.50. The third kappa shape index (κ3) is 6.23. The van der Waals surface area contributed by atoms with Crippen molar-refractivity contribution < 1.29 is 32.6 Å². The number of carboxylic acids is 1. The molecule has 0 aromatic heterocycles. The fraction of sp³-hybridized carbons (Fsp3) is 0.667. The molecule has 8 heteroatoms. The summed E-state index contributed by atoms with van der Waals surface area (Å²) in [6.45, 7) is -0.818. The molecule has 1 atom stereocenters. The molecule has 0 rings (SSSR count). The smallest absolute Gasteiger partial charge is 0.480 e. The molecule has 0 bridgehead atoms. The number of amides is 1. The zero-order valence-corrected chi connectivity index (χ0v) is 6.87. The van der Waals surface area contributed by atoms with Gasteiger partial charge in [0.15, 0.2) is 0 Å². The molecule has 14 heavy (non-hydrogen) atoms. The van der Waals surface area contributed by atoms with Gasteiger partial charge in [-0.05, 0) is 0 Å². The molecule has 1 amide bonds. The lowest BCUT2D eigenvalue weighted by Gasteiger charge is -2.12. The molecule has 82 valence electrons. The maximum Gasteiger partial charge on any atom is 0.522 e. The number of carbonyl (C=O) groups is 2. The molecular formula is C6H8F3NO4. The van der Waals surface area contributed by atoms with Crippen LogP contribution in [0.25, 0.3) is 0 Å². The minimum absolute atomic E-state index is 0.104. The van der Waals surface area contributed by atoms with Gasteiger partial charge in [-0.2, -0.15) is 0 Å². The van der Waals surface area contributed by atoms with Gasteiger partial charge in [-0.3, -0.25) is 9.53 Å². The summed E-state index contributed by atoms with van der Waals surface area (Å²) in [7, 11) is 0. The largest absolute Gasteiger partial charge is 0.522 e. The molecule has 0 saturated heterocycles. The number of ether oxygens (including phenoxy) is 1. The van der Waals surface area contributed by atoms with E-state index in [0.29, 0.717) is 0 Å². The van der Waals surface area contributed by atoms with E-state index in [1.807, 2.05) is 5.32 Å². The Morgan fingerprint density at radius 2 is 2.14 bits per heavy atom. The van der Waals surface area contributed by atoms with Crippen molar-refractivity contribution in [2.45, 2.75) is 18.8 Å². The molecule has 0 aromatic carbocycles. The highest BCUT2D eigenvalue weighted by molar-refractivity contribution is 5.76. The van der Waals surface area contributed by atoms with Crippen molar-refractivity contribution >= 4 is 12.4 Å². The number of rotatable bonds is 6. The van der Waals surface area contributed by atoms with Crippen molar-refractivity contribution in [3.05, 3.63) is 0 Å². The summed E-state index contributed by atoms with van der Waals surface area (Å²) in [6, 6.07) is -1.37. The summed E-state index contributed by atoms with van der Waals surface area (Å²) in [4.78, 5) is 20.1. The van der Waals surface area contributed by atoms with Crippen LogP contribution in [0.15, 0.2) is 0 Å². The molecule has 0 aromatic rings. The van der Waals surface area contributed by atoms with Crippen LogP contribution in [0.5, 0.6) is 0 Å². The second kappa shape index (κ2) is 5.43. The molecule has 0 aliphatic carbocycles. The van der Waals surface area contributed by atoms with Crippen molar-refractivity contribution in [3.8, 4) is 0 Å². The minimum Gasteiger partial charge on any atom is -0.480 e. The Kier molecular flexibility index (Phi) is 4.92. The average Bonchev–Trinajstić information content (AvgIpc) is 2.00. The molecule has 2 N–H and O–H groups in total. The Bertz CT molecular complexity index is 206. The van der Waals surface area contributed by atoms with Crippen LogP contribution in [-0.4, -0.2) is 36.5 Å². The predicted molar refractivity (Wildman–Crippen MR) is 37.2 cm³/mol. The van der Waals surface area contributed by atoms with Gasteiger partial charge >= 0.3 is 12.3 Å². The van der Waals surface area contributed by atoms with E-state index in [9.17, 15) is 22.8 Å². The van der Waals surface area contributed by atoms with Crippen LogP contribution < -0.4 is 5.32 Å². The van der Waals surface area contributed by atoms with Crippen LogP contribution in [-0.2, 0) is 14.3 Å². The molecule has 1 unspecified atom stereocenters. The number of hydrogen-bond acceptors (Lipinski definition) is 3. The summed E-state index contributed by atoms with van der Waals surface area (Å²) in [5.41, 5.74) is 0. The number of nitrogens with one attached hydrogen (secondary N) is 1. The molecule has 0 spiro atoms. The van der Waals surface area contributed by atoms with E-state index >= 15 is 0 Å². The first-order valence-corrected chi connectivity index (χ1v) is 3.50. The maximum absolute atomic E-state index is 11.4. The van der Waals surface area contributed by atoms with Crippen molar-refractivity contribution in [1.82, 2.24) is 5.32 Å². The lowest BCUT2D eigenvalue weighted by Crippen LogP contribution is -2.37. The van der Waals surface area contributed by atoms with Crippen LogP contribution in [0.1, 0.15) is 6.42 Å². The van der Waals surface area contributed by atoms with Crippen molar-refractivity contribution in [2.75, 3.05) is 6.61 Å². The highest BCUT2D eigenvalue weighted by Crippen LogP contribution is 2.16. The Balaban J connectivity index is 3.83. The molecule has 0 saturated carbocycles. The lowest BCUT2D eigenvalue weighted by atomic mass is 10.2. The third-order valence-electron chi connectivity index (χ3n) is 1.24. The van der Waals surface area contributed by atoms with Gasteiger partial charge in [0, 0.05) is 6.42 Å². The van der Waals surface area contributed by atoms with Crippen molar-refractivity contribution in [1.29, 1.82) is 0 Å². The fourth-order valence-corrected chi connectivity index (χ4v) is 0.653. The number of hydrogen-bond donors (Lipinski definition) is 2. The van der Waals surface area contributed by atoms with E-state index in [-0.39, 0.29) is 6.41 Å². The van der Waals surface area contributed by atoms with Gasteiger partial charge in [0.05, 0.1) is 6.61 Å². The highest BCUT2D eigenvalue weighted by atomic mass is 19.4. The zero-order valence-electron chi connectivity index (χ0n) is 6.87. The average molecular weight is 215 g/mol. The summed E-state index contributed by atoms with van der Waals surface area (Å²) >= 11 is 0. The maximum atomic E-state index is 11.4. The normalized spacial score (nSPS) is 13.4. The van der Waals surface area contributed by atoms with Crippen LogP contribution >= 0.6 is 0 Å². The third-order valence-corrected chi connectivity index (χ3v) is 1.24. The van der Waals surface area contributed by atoms with E-state index in [0.717, 1.165) is 0 Å². The van der Waals surface area contributed by atoms with Crippen LogP contribution in [0, 0.1) is 0 Å². The van der Waals surface area contributed by atoms with Crippen LogP contribution in [0.4, 0.5) is 13.2 Å². The van der Waals surface area contributed by atoms with Crippen LogP contribution in [0.2, 0.25) is 0 Å². The van der Waals surface area contributed by atoms with E-state index in [1.165, 1.54) is 0 Å². The second-order valence-electron chi connectivity index (χ2n) is 2.26. The quantitative estimate of drug-likeness (QED) is 0.616. The summed E-state index contributed by atoms with van der Waals surface area (Å²) in [6.07, 6.45) is -5.13. The molecule has 0 heterocycles. The van der Waals surface area contributed by atoms with Crippen molar-refractivity contribution in [3.63, 3.8) is 0 Å². The van der Waals surface area contributed by atoms with E-state index in [1.54, 1.807) is 0 Å².